The molecule has 4 nitrogen and oxygen atoms in total. The average molecular weight is 287 g/mol. The Kier molecular flexibility index (Phi) is 2.81. The number of nitrogen functional groups attached to an aromatic ring is 1. The van der Waals surface area contributed by atoms with Gasteiger partial charge >= 0.3 is 0 Å². The minimum Gasteiger partial charge on any atom is -0.369 e. The molecule has 3 rings (SSSR count). The van der Waals surface area contributed by atoms with Crippen LogP contribution in [0.3, 0.4) is 0 Å². The second-order valence-corrected chi connectivity index (χ2v) is 4.60. The SMILES string of the molecule is N#Cc1cccc2c1nc(N)n2-c1ccc(F)c(Cl)c1. The highest BCUT2D eigenvalue weighted by Gasteiger charge is 2.13. The highest BCUT2D eigenvalue weighted by Crippen LogP contribution is 2.27. The van der Waals surface area contributed by atoms with Crippen molar-refractivity contribution in [3.63, 3.8) is 0 Å². The molecule has 0 radical (unpaired) electrons. The van der Waals surface area contributed by atoms with E-state index in [1.165, 1.54) is 12.1 Å². The van der Waals surface area contributed by atoms with E-state index in [0.717, 1.165) is 0 Å². The van der Waals surface area contributed by atoms with Crippen molar-refractivity contribution in [3.8, 4) is 11.8 Å². The van der Waals surface area contributed by atoms with E-state index < -0.39 is 5.82 Å². The molecule has 0 aliphatic rings. The van der Waals surface area contributed by atoms with Gasteiger partial charge in [-0.2, -0.15) is 5.26 Å². The Balaban J connectivity index is 2.34. The van der Waals surface area contributed by atoms with Crippen LogP contribution >= 0.6 is 11.6 Å². The molecule has 0 saturated carbocycles. The van der Waals surface area contributed by atoms with E-state index in [-0.39, 0.29) is 11.0 Å². The van der Waals surface area contributed by atoms with Crippen LogP contribution in [0.25, 0.3) is 16.7 Å². The monoisotopic (exact) mass is 286 g/mol. The van der Waals surface area contributed by atoms with Crippen LogP contribution in [0.2, 0.25) is 5.02 Å². The summed E-state index contributed by atoms with van der Waals surface area (Å²) in [7, 11) is 0. The third-order valence-corrected chi connectivity index (χ3v) is 3.28. The lowest BCUT2D eigenvalue weighted by Crippen LogP contribution is -2.00. The predicted molar refractivity (Wildman–Crippen MR) is 75.2 cm³/mol. The summed E-state index contributed by atoms with van der Waals surface area (Å²) in [6, 6.07) is 11.5. The van der Waals surface area contributed by atoms with Gasteiger partial charge in [-0.15, -0.1) is 0 Å². The zero-order valence-corrected chi connectivity index (χ0v) is 10.9. The molecule has 1 aromatic heterocycles. The van der Waals surface area contributed by atoms with E-state index in [2.05, 4.69) is 11.1 Å². The lowest BCUT2D eigenvalue weighted by atomic mass is 10.2. The fourth-order valence-electron chi connectivity index (χ4n) is 2.10. The van der Waals surface area contributed by atoms with Crippen LogP contribution in [-0.2, 0) is 0 Å². The number of nitrogens with zero attached hydrogens (tertiary/aromatic N) is 3. The minimum absolute atomic E-state index is 0.000174. The molecule has 0 amide bonds. The van der Waals surface area contributed by atoms with Crippen LogP contribution in [0.4, 0.5) is 10.3 Å². The molecule has 0 bridgehead atoms. The van der Waals surface area contributed by atoms with Crippen molar-refractivity contribution in [3.05, 3.63) is 52.8 Å². The average Bonchev–Trinajstić information content (AvgIpc) is 2.78. The first-order chi connectivity index (χ1) is 9.61. The number of fused-ring (bicyclic) bond motifs is 1. The molecule has 0 fully saturated rings. The number of nitriles is 1. The Morgan fingerprint density at radius 2 is 2.10 bits per heavy atom. The van der Waals surface area contributed by atoms with Crippen LogP contribution in [-0.4, -0.2) is 9.55 Å². The summed E-state index contributed by atoms with van der Waals surface area (Å²) in [5.74, 6) is -0.290. The molecule has 1 heterocycles. The highest BCUT2D eigenvalue weighted by atomic mass is 35.5. The fraction of sp³-hybridized carbons (Fsp3) is 0. The molecule has 0 aliphatic carbocycles. The van der Waals surface area contributed by atoms with Crippen molar-refractivity contribution in [1.29, 1.82) is 5.26 Å². The van der Waals surface area contributed by atoms with E-state index in [1.54, 1.807) is 28.8 Å². The minimum atomic E-state index is -0.504. The first-order valence-corrected chi connectivity index (χ1v) is 6.12. The van der Waals surface area contributed by atoms with Gasteiger partial charge in [-0.1, -0.05) is 17.7 Å². The van der Waals surface area contributed by atoms with Gasteiger partial charge in [-0.05, 0) is 30.3 Å². The third kappa shape index (κ3) is 1.78. The first-order valence-electron chi connectivity index (χ1n) is 5.74. The Labute approximate surface area is 118 Å². The normalized spacial score (nSPS) is 10.7. The molecule has 0 aliphatic heterocycles. The van der Waals surface area contributed by atoms with E-state index in [9.17, 15) is 4.39 Å². The lowest BCUT2D eigenvalue weighted by molar-refractivity contribution is 0.628. The van der Waals surface area contributed by atoms with Crippen LogP contribution in [0.5, 0.6) is 0 Å². The smallest absolute Gasteiger partial charge is 0.205 e. The second-order valence-electron chi connectivity index (χ2n) is 4.19. The van der Waals surface area contributed by atoms with Crippen molar-refractivity contribution in [1.82, 2.24) is 9.55 Å². The van der Waals surface area contributed by atoms with Crippen molar-refractivity contribution in [2.45, 2.75) is 0 Å². The quantitative estimate of drug-likeness (QED) is 0.746. The topological polar surface area (TPSA) is 67.6 Å². The standard InChI is InChI=1S/C14H8ClFN4/c15-10-6-9(4-5-11(10)16)20-12-3-1-2-8(7-17)13(12)19-14(20)18/h1-6H,(H2,18,19). The van der Waals surface area contributed by atoms with Crippen LogP contribution in [0, 0.1) is 17.1 Å². The number of aromatic nitrogens is 2. The van der Waals surface area contributed by atoms with Gasteiger partial charge in [-0.25, -0.2) is 9.37 Å². The molecule has 20 heavy (non-hydrogen) atoms. The summed E-state index contributed by atoms with van der Waals surface area (Å²) >= 11 is 5.79. The Morgan fingerprint density at radius 1 is 1.30 bits per heavy atom. The number of para-hydroxylation sites is 1. The largest absolute Gasteiger partial charge is 0.369 e. The number of anilines is 1. The number of hydrogen-bond donors (Lipinski definition) is 1. The van der Waals surface area contributed by atoms with Crippen LogP contribution < -0.4 is 5.73 Å². The molecular weight excluding hydrogens is 279 g/mol. The number of nitrogens with two attached hydrogens (primary N) is 1. The molecule has 0 spiro atoms. The lowest BCUT2D eigenvalue weighted by Gasteiger charge is -2.07. The first kappa shape index (κ1) is 12.5. The molecule has 0 atom stereocenters. The summed E-state index contributed by atoms with van der Waals surface area (Å²) in [5.41, 5.74) is 8.10. The van der Waals surface area contributed by atoms with E-state index in [1.807, 2.05) is 0 Å². The van der Waals surface area contributed by atoms with E-state index >= 15 is 0 Å². The van der Waals surface area contributed by atoms with Crippen molar-refractivity contribution < 1.29 is 4.39 Å². The molecule has 3 aromatic rings. The zero-order chi connectivity index (χ0) is 14.3. The molecule has 2 aromatic carbocycles. The van der Waals surface area contributed by atoms with Crippen molar-refractivity contribution in [2.75, 3.05) is 5.73 Å². The maximum atomic E-state index is 13.2. The highest BCUT2D eigenvalue weighted by molar-refractivity contribution is 6.30. The molecule has 0 unspecified atom stereocenters. The number of benzene rings is 2. The van der Waals surface area contributed by atoms with E-state index in [0.29, 0.717) is 22.3 Å². The predicted octanol–water partition coefficient (Wildman–Crippen LogP) is 3.27. The number of imidazole rings is 1. The summed E-state index contributed by atoms with van der Waals surface area (Å²) in [5, 5.41) is 9.08. The summed E-state index contributed by atoms with van der Waals surface area (Å²) < 4.78 is 14.9. The Hall–Kier alpha value is -2.58. The van der Waals surface area contributed by atoms with Gasteiger partial charge < -0.3 is 5.73 Å². The summed E-state index contributed by atoms with van der Waals surface area (Å²) in [6.07, 6.45) is 0. The Bertz CT molecular complexity index is 863. The van der Waals surface area contributed by atoms with Gasteiger partial charge in [0.05, 0.1) is 21.8 Å². The maximum Gasteiger partial charge on any atom is 0.205 e. The summed E-state index contributed by atoms with van der Waals surface area (Å²) in [4.78, 5) is 4.19. The van der Waals surface area contributed by atoms with Gasteiger partial charge in [0.25, 0.3) is 0 Å². The summed E-state index contributed by atoms with van der Waals surface area (Å²) in [6.45, 7) is 0. The van der Waals surface area contributed by atoms with Gasteiger partial charge in [0.15, 0.2) is 0 Å². The van der Waals surface area contributed by atoms with Crippen LogP contribution in [0.1, 0.15) is 5.56 Å². The number of halogens is 2. The Morgan fingerprint density at radius 3 is 2.80 bits per heavy atom. The zero-order valence-electron chi connectivity index (χ0n) is 10.1. The molecule has 2 N–H and O–H groups in total. The fourth-order valence-corrected chi connectivity index (χ4v) is 2.28. The van der Waals surface area contributed by atoms with Gasteiger partial charge in [0.2, 0.25) is 5.95 Å². The molecule has 98 valence electrons. The van der Waals surface area contributed by atoms with Crippen LogP contribution in [0.15, 0.2) is 36.4 Å². The van der Waals surface area contributed by atoms with Crippen molar-refractivity contribution >= 4 is 28.6 Å². The number of hydrogen-bond acceptors (Lipinski definition) is 3. The molecule has 0 saturated heterocycles. The van der Waals surface area contributed by atoms with Gasteiger partial charge in [-0.3, -0.25) is 4.57 Å². The van der Waals surface area contributed by atoms with E-state index in [4.69, 9.17) is 22.6 Å². The number of rotatable bonds is 1. The molecular formula is C14H8ClFN4. The second kappa shape index (κ2) is 4.51. The maximum absolute atomic E-state index is 13.2. The van der Waals surface area contributed by atoms with Gasteiger partial charge in [0, 0.05) is 0 Å². The van der Waals surface area contributed by atoms with Gasteiger partial charge in [0.1, 0.15) is 17.4 Å². The third-order valence-electron chi connectivity index (χ3n) is 2.99. The molecule has 6 heteroatoms. The van der Waals surface area contributed by atoms with Crippen molar-refractivity contribution in [2.24, 2.45) is 0 Å².